The molecular formula is C26H37N5O4. The van der Waals surface area contributed by atoms with Crippen molar-refractivity contribution >= 4 is 28.4 Å². The number of esters is 1. The highest BCUT2D eigenvalue weighted by Gasteiger charge is 2.42. The standard InChI is InChI=1S/C26H37N5O4/c1-5-31-23-20(16-28-31)22(29-18-8-12-33-13-9-18)19(15-27-23)21-14-26(35-30-21)10-6-17(7-11-26)24(32)34-25(2,3)4/h14-18,30H,5-13H2,1-4H3,(H,27,29). The highest BCUT2D eigenvalue weighted by Crippen LogP contribution is 2.42. The van der Waals surface area contributed by atoms with Crippen molar-refractivity contribution in [2.24, 2.45) is 5.92 Å². The van der Waals surface area contributed by atoms with Gasteiger partial charge in [0.2, 0.25) is 0 Å². The number of ether oxygens (including phenoxy) is 2. The molecule has 2 fully saturated rings. The monoisotopic (exact) mass is 483 g/mol. The molecule has 9 heteroatoms. The minimum Gasteiger partial charge on any atom is -0.460 e. The van der Waals surface area contributed by atoms with Gasteiger partial charge in [-0.2, -0.15) is 5.10 Å². The van der Waals surface area contributed by atoms with Gasteiger partial charge in [-0.15, -0.1) is 0 Å². The second kappa shape index (κ2) is 9.43. The number of carbonyl (C=O) groups excluding carboxylic acids is 1. The Balaban J connectivity index is 1.39. The van der Waals surface area contributed by atoms with Crippen molar-refractivity contribution in [3.8, 4) is 0 Å². The van der Waals surface area contributed by atoms with E-state index in [9.17, 15) is 4.79 Å². The van der Waals surface area contributed by atoms with Gasteiger partial charge in [-0.3, -0.25) is 15.1 Å². The molecule has 1 spiro atoms. The first-order valence-corrected chi connectivity index (χ1v) is 12.9. The number of pyridine rings is 1. The highest BCUT2D eigenvalue weighted by atomic mass is 16.7. The molecule has 0 unspecified atom stereocenters. The molecule has 3 aliphatic rings. The molecule has 2 aromatic heterocycles. The number of nitrogens with zero attached hydrogens (tertiary/aromatic N) is 3. The molecule has 2 aromatic rings. The lowest BCUT2D eigenvalue weighted by molar-refractivity contribution is -0.163. The predicted octanol–water partition coefficient (Wildman–Crippen LogP) is 4.19. The van der Waals surface area contributed by atoms with Gasteiger partial charge in [0.25, 0.3) is 0 Å². The Hall–Kier alpha value is -2.65. The Morgan fingerprint density at radius 3 is 2.66 bits per heavy atom. The predicted molar refractivity (Wildman–Crippen MR) is 133 cm³/mol. The summed E-state index contributed by atoms with van der Waals surface area (Å²) in [5.74, 6) is -0.183. The van der Waals surface area contributed by atoms with Gasteiger partial charge in [0.15, 0.2) is 5.65 Å². The SMILES string of the molecule is CCn1ncc2c(NC3CCOCC3)c(C3=CC4(CCC(C(=O)OC(C)(C)C)CC4)ON3)cnc21. The van der Waals surface area contributed by atoms with Crippen LogP contribution in [0.2, 0.25) is 0 Å². The smallest absolute Gasteiger partial charge is 0.309 e. The molecule has 4 heterocycles. The topological polar surface area (TPSA) is 99.5 Å². The Kier molecular flexibility index (Phi) is 6.48. The third-order valence-electron chi connectivity index (χ3n) is 7.17. The summed E-state index contributed by atoms with van der Waals surface area (Å²) in [6, 6.07) is 0.333. The number of hydrogen-bond donors (Lipinski definition) is 2. The number of nitrogens with one attached hydrogen (secondary N) is 2. The van der Waals surface area contributed by atoms with Crippen LogP contribution < -0.4 is 10.8 Å². The minimum atomic E-state index is -0.463. The van der Waals surface area contributed by atoms with E-state index in [0.29, 0.717) is 6.04 Å². The fourth-order valence-corrected chi connectivity index (χ4v) is 5.25. The third kappa shape index (κ3) is 5.02. The van der Waals surface area contributed by atoms with E-state index in [1.54, 1.807) is 0 Å². The Bertz CT molecular complexity index is 1100. The quantitative estimate of drug-likeness (QED) is 0.611. The van der Waals surface area contributed by atoms with Crippen molar-refractivity contribution in [3.05, 3.63) is 24.0 Å². The molecule has 9 nitrogen and oxygen atoms in total. The van der Waals surface area contributed by atoms with Crippen molar-refractivity contribution in [1.82, 2.24) is 20.2 Å². The number of aryl methyl sites for hydroxylation is 1. The molecular weight excluding hydrogens is 446 g/mol. The summed E-state index contributed by atoms with van der Waals surface area (Å²) in [5.41, 5.74) is 6.10. The number of anilines is 1. The van der Waals surface area contributed by atoms with Crippen LogP contribution in [-0.2, 0) is 25.7 Å². The van der Waals surface area contributed by atoms with Crippen LogP contribution in [0.3, 0.4) is 0 Å². The van der Waals surface area contributed by atoms with Crippen molar-refractivity contribution < 1.29 is 19.1 Å². The van der Waals surface area contributed by atoms with Crippen LogP contribution in [0.5, 0.6) is 0 Å². The highest BCUT2D eigenvalue weighted by molar-refractivity contribution is 5.95. The molecule has 1 saturated carbocycles. The van der Waals surface area contributed by atoms with E-state index in [-0.39, 0.29) is 11.9 Å². The number of hydrogen-bond acceptors (Lipinski definition) is 8. The van der Waals surface area contributed by atoms with E-state index in [0.717, 1.165) is 86.3 Å². The fraction of sp³-hybridized carbons (Fsp3) is 0.654. The molecule has 1 saturated heterocycles. The molecule has 0 atom stereocenters. The number of hydroxylamine groups is 1. The summed E-state index contributed by atoms with van der Waals surface area (Å²) in [6.45, 7) is 10.1. The molecule has 2 aliphatic heterocycles. The van der Waals surface area contributed by atoms with Gasteiger partial charge in [0, 0.05) is 37.6 Å². The summed E-state index contributed by atoms with van der Waals surface area (Å²) in [4.78, 5) is 23.5. The van der Waals surface area contributed by atoms with Crippen LogP contribution in [0.25, 0.3) is 16.7 Å². The molecule has 5 rings (SSSR count). The molecule has 1 aliphatic carbocycles. The Morgan fingerprint density at radius 1 is 1.23 bits per heavy atom. The van der Waals surface area contributed by atoms with Gasteiger partial charge in [-0.1, -0.05) is 0 Å². The fourth-order valence-electron chi connectivity index (χ4n) is 5.25. The second-order valence-corrected chi connectivity index (χ2v) is 10.9. The number of rotatable bonds is 5. The average molecular weight is 484 g/mol. The molecule has 0 radical (unpaired) electrons. The first-order chi connectivity index (χ1) is 16.8. The van der Waals surface area contributed by atoms with Crippen molar-refractivity contribution in [2.75, 3.05) is 18.5 Å². The van der Waals surface area contributed by atoms with Crippen LogP contribution in [0, 0.1) is 5.92 Å². The first-order valence-electron chi connectivity index (χ1n) is 12.9. The molecule has 0 bridgehead atoms. The zero-order chi connectivity index (χ0) is 24.6. The zero-order valence-corrected chi connectivity index (χ0v) is 21.2. The third-order valence-corrected chi connectivity index (χ3v) is 7.17. The van der Waals surface area contributed by atoms with E-state index in [1.807, 2.05) is 37.8 Å². The van der Waals surface area contributed by atoms with Crippen molar-refractivity contribution in [2.45, 2.75) is 90.0 Å². The maximum atomic E-state index is 12.6. The second-order valence-electron chi connectivity index (χ2n) is 10.9. The number of fused-ring (bicyclic) bond motifs is 1. The summed E-state index contributed by atoms with van der Waals surface area (Å²) < 4.78 is 13.1. The number of carbonyl (C=O) groups is 1. The first kappa shape index (κ1) is 24.1. The van der Waals surface area contributed by atoms with Gasteiger partial charge in [-0.25, -0.2) is 9.67 Å². The lowest BCUT2D eigenvalue weighted by Crippen LogP contribution is -2.38. The van der Waals surface area contributed by atoms with Gasteiger partial charge in [0.05, 0.1) is 28.9 Å². The maximum Gasteiger partial charge on any atom is 0.309 e. The Morgan fingerprint density at radius 2 is 1.97 bits per heavy atom. The number of aromatic nitrogens is 3. The van der Waals surface area contributed by atoms with Crippen molar-refractivity contribution in [3.63, 3.8) is 0 Å². The van der Waals surface area contributed by atoms with Crippen LogP contribution in [-0.4, -0.2) is 51.2 Å². The van der Waals surface area contributed by atoms with Gasteiger partial charge in [-0.05, 0) is 72.3 Å². The average Bonchev–Trinajstić information content (AvgIpc) is 3.44. The molecule has 35 heavy (non-hydrogen) atoms. The molecule has 0 amide bonds. The lowest BCUT2D eigenvalue weighted by atomic mass is 9.78. The van der Waals surface area contributed by atoms with Crippen molar-refractivity contribution in [1.29, 1.82) is 0 Å². The van der Waals surface area contributed by atoms with Crippen LogP contribution >= 0.6 is 0 Å². The summed E-state index contributed by atoms with van der Waals surface area (Å²) >= 11 is 0. The zero-order valence-electron chi connectivity index (χ0n) is 21.2. The van der Waals surface area contributed by atoms with Crippen LogP contribution in [0.4, 0.5) is 5.69 Å². The van der Waals surface area contributed by atoms with Gasteiger partial charge >= 0.3 is 5.97 Å². The van der Waals surface area contributed by atoms with E-state index in [4.69, 9.17) is 19.3 Å². The summed E-state index contributed by atoms with van der Waals surface area (Å²) in [6.07, 6.45) is 10.9. The molecule has 0 aromatic carbocycles. The van der Waals surface area contributed by atoms with E-state index in [2.05, 4.69) is 28.9 Å². The summed E-state index contributed by atoms with van der Waals surface area (Å²) in [5, 5.41) is 9.32. The largest absolute Gasteiger partial charge is 0.460 e. The lowest BCUT2D eigenvalue weighted by Gasteiger charge is -2.34. The maximum absolute atomic E-state index is 12.6. The minimum absolute atomic E-state index is 0.0791. The Labute approximate surface area is 206 Å². The van der Waals surface area contributed by atoms with E-state index >= 15 is 0 Å². The molecule has 2 N–H and O–H groups in total. The van der Waals surface area contributed by atoms with E-state index < -0.39 is 11.2 Å². The van der Waals surface area contributed by atoms with Gasteiger partial charge in [0.1, 0.15) is 11.2 Å². The van der Waals surface area contributed by atoms with Crippen LogP contribution in [0.1, 0.15) is 71.8 Å². The van der Waals surface area contributed by atoms with Gasteiger partial charge < -0.3 is 14.8 Å². The normalized spacial score (nSPS) is 25.5. The van der Waals surface area contributed by atoms with Crippen LogP contribution in [0.15, 0.2) is 18.5 Å². The molecule has 190 valence electrons. The summed E-state index contributed by atoms with van der Waals surface area (Å²) in [7, 11) is 0. The van der Waals surface area contributed by atoms with E-state index in [1.165, 1.54) is 0 Å².